The van der Waals surface area contributed by atoms with Gasteiger partial charge in [0.25, 0.3) is 8.32 Å². The van der Waals surface area contributed by atoms with Crippen molar-refractivity contribution in [2.75, 3.05) is 6.61 Å². The van der Waals surface area contributed by atoms with Crippen molar-refractivity contribution in [3.05, 3.63) is 60.7 Å². The maximum atomic E-state index is 12.3. The standard InChI is InChI=1S/C25H32O4Si/c1-5-28-24(27)22-18-21(22)23(16-17-26)29-30(25(2,3)4,19-12-8-6-9-13-19)20-14-10-7-11-15-20/h6-15,17,21-23H,5,16,18H2,1-4H3/t21-,22-,23?/m1/s1. The third kappa shape index (κ3) is 4.42. The van der Waals surface area contributed by atoms with E-state index in [1.807, 2.05) is 43.3 Å². The average molecular weight is 425 g/mol. The molecule has 1 fully saturated rings. The Morgan fingerprint density at radius 1 is 1.07 bits per heavy atom. The van der Waals surface area contributed by atoms with Crippen LogP contribution in [0.5, 0.6) is 0 Å². The van der Waals surface area contributed by atoms with E-state index in [0.29, 0.717) is 6.61 Å². The Hall–Kier alpha value is -2.24. The molecule has 0 aromatic heterocycles. The number of esters is 1. The van der Waals surface area contributed by atoms with Crippen molar-refractivity contribution in [2.45, 2.75) is 51.7 Å². The molecule has 0 N–H and O–H groups in total. The molecule has 2 aromatic rings. The van der Waals surface area contributed by atoms with Crippen LogP contribution in [0.25, 0.3) is 0 Å². The maximum absolute atomic E-state index is 12.3. The quantitative estimate of drug-likeness (QED) is 0.350. The molecule has 0 amide bonds. The fourth-order valence-corrected chi connectivity index (χ4v) is 9.21. The van der Waals surface area contributed by atoms with Crippen LogP contribution >= 0.6 is 0 Å². The van der Waals surface area contributed by atoms with E-state index in [2.05, 4.69) is 45.0 Å². The number of aldehydes is 1. The lowest BCUT2D eigenvalue weighted by atomic mass is 10.1. The molecule has 2 aromatic carbocycles. The summed E-state index contributed by atoms with van der Waals surface area (Å²) in [5.74, 6) is -0.325. The smallest absolute Gasteiger partial charge is 0.309 e. The molecule has 1 aliphatic rings. The van der Waals surface area contributed by atoms with Gasteiger partial charge in [-0.05, 0) is 34.7 Å². The number of benzene rings is 2. The lowest BCUT2D eigenvalue weighted by Crippen LogP contribution is -2.68. The minimum atomic E-state index is -2.77. The van der Waals surface area contributed by atoms with Crippen molar-refractivity contribution >= 4 is 30.9 Å². The highest BCUT2D eigenvalue weighted by molar-refractivity contribution is 6.99. The van der Waals surface area contributed by atoms with Crippen LogP contribution in [-0.4, -0.2) is 33.3 Å². The predicted octanol–water partition coefficient (Wildman–Crippen LogP) is 3.72. The Bertz CT molecular complexity index is 805. The van der Waals surface area contributed by atoms with E-state index >= 15 is 0 Å². The van der Waals surface area contributed by atoms with Crippen LogP contribution in [0.4, 0.5) is 0 Å². The van der Waals surface area contributed by atoms with Gasteiger partial charge in [-0.3, -0.25) is 4.79 Å². The first kappa shape index (κ1) is 22.4. The van der Waals surface area contributed by atoms with E-state index < -0.39 is 8.32 Å². The van der Waals surface area contributed by atoms with Crippen molar-refractivity contribution < 1.29 is 18.8 Å². The van der Waals surface area contributed by atoms with Gasteiger partial charge in [0.1, 0.15) is 6.29 Å². The third-order valence-electron chi connectivity index (χ3n) is 5.98. The van der Waals surface area contributed by atoms with E-state index in [-0.39, 0.29) is 35.4 Å². The molecule has 0 aliphatic heterocycles. The zero-order valence-electron chi connectivity index (χ0n) is 18.3. The van der Waals surface area contributed by atoms with E-state index in [1.165, 1.54) is 10.4 Å². The van der Waals surface area contributed by atoms with Crippen molar-refractivity contribution in [3.63, 3.8) is 0 Å². The number of carbonyl (C=O) groups excluding carboxylic acids is 2. The average Bonchev–Trinajstić information content (AvgIpc) is 3.53. The van der Waals surface area contributed by atoms with Crippen LogP contribution in [0.1, 0.15) is 40.5 Å². The lowest BCUT2D eigenvalue weighted by Gasteiger charge is -2.45. The van der Waals surface area contributed by atoms with Gasteiger partial charge in [-0.2, -0.15) is 0 Å². The molecule has 30 heavy (non-hydrogen) atoms. The van der Waals surface area contributed by atoms with Crippen LogP contribution in [0, 0.1) is 11.8 Å². The minimum Gasteiger partial charge on any atom is -0.466 e. The van der Waals surface area contributed by atoms with Crippen molar-refractivity contribution in [3.8, 4) is 0 Å². The van der Waals surface area contributed by atoms with E-state index in [0.717, 1.165) is 12.7 Å². The zero-order chi connectivity index (χ0) is 21.8. The van der Waals surface area contributed by atoms with Crippen LogP contribution < -0.4 is 10.4 Å². The zero-order valence-corrected chi connectivity index (χ0v) is 19.3. The SMILES string of the molecule is CCOC(=O)[C@@H]1C[C@H]1C(CC=O)O[Si](c1ccccc1)(c1ccccc1)C(C)(C)C. The number of rotatable bonds is 9. The first-order chi connectivity index (χ1) is 14.3. The first-order valence-electron chi connectivity index (χ1n) is 10.7. The Kier molecular flexibility index (Phi) is 6.94. The number of hydrogen-bond acceptors (Lipinski definition) is 4. The van der Waals surface area contributed by atoms with Gasteiger partial charge in [0.2, 0.25) is 0 Å². The van der Waals surface area contributed by atoms with Gasteiger partial charge in [-0.1, -0.05) is 81.4 Å². The summed E-state index contributed by atoms with van der Waals surface area (Å²) in [6, 6.07) is 20.7. The second-order valence-electron chi connectivity index (χ2n) is 8.98. The fraction of sp³-hybridized carbons (Fsp3) is 0.440. The third-order valence-corrected chi connectivity index (χ3v) is 11.0. The molecule has 0 radical (unpaired) electrons. The molecule has 0 bridgehead atoms. The highest BCUT2D eigenvalue weighted by Gasteiger charge is 2.56. The van der Waals surface area contributed by atoms with Gasteiger partial charge >= 0.3 is 5.97 Å². The number of hydrogen-bond donors (Lipinski definition) is 0. The normalized spacial score (nSPS) is 19.7. The van der Waals surface area contributed by atoms with Crippen LogP contribution in [-0.2, 0) is 18.8 Å². The molecule has 4 nitrogen and oxygen atoms in total. The number of carbonyl (C=O) groups is 2. The summed E-state index contributed by atoms with van der Waals surface area (Å²) in [6.07, 6.45) is 1.62. The van der Waals surface area contributed by atoms with Gasteiger partial charge in [0.15, 0.2) is 0 Å². The van der Waals surface area contributed by atoms with Crippen molar-refractivity contribution in [1.29, 1.82) is 0 Å². The molecule has 0 heterocycles. The largest absolute Gasteiger partial charge is 0.466 e. The summed E-state index contributed by atoms with van der Waals surface area (Å²) >= 11 is 0. The molecule has 5 heteroatoms. The Morgan fingerprint density at radius 2 is 1.60 bits per heavy atom. The van der Waals surface area contributed by atoms with Gasteiger partial charge in [-0.15, -0.1) is 0 Å². The summed E-state index contributed by atoms with van der Waals surface area (Å²) in [5, 5.41) is 2.17. The monoisotopic (exact) mass is 424 g/mol. The molecule has 1 unspecified atom stereocenters. The summed E-state index contributed by atoms with van der Waals surface area (Å²) in [5.41, 5.74) is 0. The molecule has 0 saturated heterocycles. The molecule has 0 spiro atoms. The van der Waals surface area contributed by atoms with Crippen LogP contribution in [0.3, 0.4) is 0 Å². The van der Waals surface area contributed by atoms with Gasteiger partial charge < -0.3 is 14.0 Å². The van der Waals surface area contributed by atoms with E-state index in [4.69, 9.17) is 9.16 Å². The molecule has 3 atom stereocenters. The summed E-state index contributed by atoms with van der Waals surface area (Å²) in [6.45, 7) is 8.83. The maximum Gasteiger partial charge on any atom is 0.309 e. The van der Waals surface area contributed by atoms with Crippen LogP contribution in [0.15, 0.2) is 60.7 Å². The van der Waals surface area contributed by atoms with Crippen LogP contribution in [0.2, 0.25) is 5.04 Å². The Labute approximate surface area is 180 Å². The van der Waals surface area contributed by atoms with Gasteiger partial charge in [-0.25, -0.2) is 0 Å². The summed E-state index contributed by atoms with van der Waals surface area (Å²) < 4.78 is 12.3. The molecular formula is C25H32O4Si. The second-order valence-corrected chi connectivity index (χ2v) is 13.2. The molecule has 1 aliphatic carbocycles. The summed E-state index contributed by atoms with van der Waals surface area (Å²) in [4.78, 5) is 23.8. The van der Waals surface area contributed by atoms with E-state index in [1.54, 1.807) is 0 Å². The minimum absolute atomic E-state index is 0.0240. The van der Waals surface area contributed by atoms with Crippen molar-refractivity contribution in [2.24, 2.45) is 11.8 Å². The fourth-order valence-electron chi connectivity index (χ4n) is 4.47. The van der Waals surface area contributed by atoms with Crippen molar-refractivity contribution in [1.82, 2.24) is 0 Å². The topological polar surface area (TPSA) is 52.6 Å². The number of ether oxygens (including phenoxy) is 1. The predicted molar refractivity (Wildman–Crippen MR) is 121 cm³/mol. The lowest BCUT2D eigenvalue weighted by molar-refractivity contribution is -0.145. The highest BCUT2D eigenvalue weighted by atomic mass is 28.4. The Morgan fingerprint density at radius 3 is 2.03 bits per heavy atom. The second kappa shape index (κ2) is 9.27. The first-order valence-corrected chi connectivity index (χ1v) is 12.6. The van der Waals surface area contributed by atoms with Gasteiger partial charge in [0.05, 0.1) is 18.6 Å². The Balaban J connectivity index is 2.06. The molecular weight excluding hydrogens is 392 g/mol. The van der Waals surface area contributed by atoms with Gasteiger partial charge in [0, 0.05) is 6.42 Å². The highest BCUT2D eigenvalue weighted by Crippen LogP contribution is 2.47. The summed E-state index contributed by atoms with van der Waals surface area (Å²) in [7, 11) is -2.77. The van der Waals surface area contributed by atoms with E-state index in [9.17, 15) is 9.59 Å². The molecule has 1 saturated carbocycles. The molecule has 3 rings (SSSR count). The molecule has 160 valence electrons.